The third-order valence-electron chi connectivity index (χ3n) is 3.74. The average Bonchev–Trinajstić information content (AvgIpc) is 2.40. The summed E-state index contributed by atoms with van der Waals surface area (Å²) in [6, 6.07) is 8.32. The molecule has 2 N–H and O–H groups in total. The Balaban J connectivity index is 3.01. The molecule has 0 aliphatic rings. The molecule has 0 fully saturated rings. The fourth-order valence-corrected chi connectivity index (χ4v) is 2.39. The van der Waals surface area contributed by atoms with Gasteiger partial charge in [-0.25, -0.2) is 0 Å². The first-order valence-electron chi connectivity index (χ1n) is 7.10. The molecule has 1 rings (SSSR count). The zero-order chi connectivity index (χ0) is 15.3. The summed E-state index contributed by atoms with van der Waals surface area (Å²) in [6.07, 6.45) is 0.874. The third kappa shape index (κ3) is 4.05. The van der Waals surface area contributed by atoms with Crippen LogP contribution >= 0.6 is 0 Å². The first kappa shape index (κ1) is 16.7. The minimum Gasteiger partial charge on any atom is -0.348 e. The molecule has 0 bridgehead atoms. The van der Waals surface area contributed by atoms with E-state index < -0.39 is 0 Å². The summed E-state index contributed by atoms with van der Waals surface area (Å²) in [7, 11) is 5.52. The molecule has 0 aromatic heterocycles. The lowest BCUT2D eigenvalue weighted by molar-refractivity contribution is -0.130. The van der Waals surface area contributed by atoms with Crippen molar-refractivity contribution in [1.29, 1.82) is 0 Å². The van der Waals surface area contributed by atoms with Gasteiger partial charge in [0, 0.05) is 20.1 Å². The maximum absolute atomic E-state index is 11.9. The quantitative estimate of drug-likeness (QED) is 0.862. The first-order chi connectivity index (χ1) is 9.38. The van der Waals surface area contributed by atoms with Crippen LogP contribution in [0.3, 0.4) is 0 Å². The van der Waals surface area contributed by atoms with Gasteiger partial charge in [-0.1, -0.05) is 31.2 Å². The van der Waals surface area contributed by atoms with Gasteiger partial charge >= 0.3 is 0 Å². The molecule has 4 heteroatoms. The number of amides is 1. The topological polar surface area (TPSA) is 49.6 Å². The molecule has 2 atom stereocenters. The van der Waals surface area contributed by atoms with E-state index in [2.05, 4.69) is 30.9 Å². The number of aryl methyl sites for hydroxylation is 1. The number of carbonyl (C=O) groups excluding carboxylic acids is 1. The summed E-state index contributed by atoms with van der Waals surface area (Å²) in [5, 5.41) is 0. The third-order valence-corrected chi connectivity index (χ3v) is 3.74. The van der Waals surface area contributed by atoms with Crippen LogP contribution in [-0.2, 0) is 4.79 Å². The van der Waals surface area contributed by atoms with Crippen molar-refractivity contribution in [2.45, 2.75) is 32.4 Å². The van der Waals surface area contributed by atoms with Crippen LogP contribution < -0.4 is 5.73 Å². The number of likely N-dealkylation sites (N-methyl/N-ethyl adjacent to an activating group) is 2. The Labute approximate surface area is 122 Å². The van der Waals surface area contributed by atoms with Crippen molar-refractivity contribution in [2.24, 2.45) is 5.73 Å². The molecule has 0 spiro atoms. The molecule has 0 saturated carbocycles. The molecule has 0 aliphatic carbocycles. The molecule has 1 amide bonds. The largest absolute Gasteiger partial charge is 0.348 e. The summed E-state index contributed by atoms with van der Waals surface area (Å²) in [6.45, 7) is 4.55. The van der Waals surface area contributed by atoms with Crippen LogP contribution in [-0.4, -0.2) is 49.4 Å². The number of benzene rings is 1. The predicted molar refractivity (Wildman–Crippen MR) is 83.5 cm³/mol. The van der Waals surface area contributed by atoms with Gasteiger partial charge in [-0.3, -0.25) is 9.69 Å². The predicted octanol–water partition coefficient (Wildman–Crippen LogP) is 1.79. The Kier molecular flexibility index (Phi) is 6.17. The number of carbonyl (C=O) groups is 1. The van der Waals surface area contributed by atoms with Crippen molar-refractivity contribution in [3.63, 3.8) is 0 Å². The molecule has 2 unspecified atom stereocenters. The van der Waals surface area contributed by atoms with E-state index in [1.165, 1.54) is 11.1 Å². The highest BCUT2D eigenvalue weighted by Crippen LogP contribution is 2.26. The fraction of sp³-hybridized carbons (Fsp3) is 0.562. The lowest BCUT2D eigenvalue weighted by atomic mass is 9.93. The maximum atomic E-state index is 11.9. The van der Waals surface area contributed by atoms with E-state index in [4.69, 9.17) is 5.73 Å². The van der Waals surface area contributed by atoms with Gasteiger partial charge in [0.1, 0.15) is 0 Å². The molecule has 1 aromatic rings. The van der Waals surface area contributed by atoms with Crippen LogP contribution in [0.2, 0.25) is 0 Å². The Morgan fingerprint density at radius 1 is 1.25 bits per heavy atom. The molecule has 112 valence electrons. The molecular weight excluding hydrogens is 250 g/mol. The Hall–Kier alpha value is -1.39. The molecule has 20 heavy (non-hydrogen) atoms. The summed E-state index contributed by atoms with van der Waals surface area (Å²) in [5.74, 6) is 0.0920. The van der Waals surface area contributed by atoms with E-state index in [0.29, 0.717) is 6.54 Å². The molecule has 0 saturated heterocycles. The highest BCUT2D eigenvalue weighted by atomic mass is 16.2. The van der Waals surface area contributed by atoms with Crippen molar-refractivity contribution in [3.05, 3.63) is 35.4 Å². The zero-order valence-corrected chi connectivity index (χ0v) is 13.3. The summed E-state index contributed by atoms with van der Waals surface area (Å²) in [5.41, 5.74) is 8.72. The number of hydrogen-bond donors (Lipinski definition) is 1. The van der Waals surface area contributed by atoms with Gasteiger partial charge < -0.3 is 10.6 Å². The van der Waals surface area contributed by atoms with Gasteiger partial charge in [0.2, 0.25) is 5.91 Å². The normalized spacial score (nSPS) is 14.2. The second-order valence-corrected chi connectivity index (χ2v) is 5.58. The Morgan fingerprint density at radius 3 is 2.35 bits per heavy atom. The fourth-order valence-electron chi connectivity index (χ4n) is 2.39. The summed E-state index contributed by atoms with van der Waals surface area (Å²) in [4.78, 5) is 15.6. The van der Waals surface area contributed by atoms with Crippen molar-refractivity contribution >= 4 is 5.91 Å². The SMILES string of the molecule is CCC(N)C(c1ccccc1C)N(C)CC(=O)N(C)C. The monoisotopic (exact) mass is 277 g/mol. The smallest absolute Gasteiger partial charge is 0.236 e. The van der Waals surface area contributed by atoms with E-state index in [1.54, 1.807) is 19.0 Å². The van der Waals surface area contributed by atoms with Crippen molar-refractivity contribution in [3.8, 4) is 0 Å². The van der Waals surface area contributed by atoms with Crippen LogP contribution in [0.1, 0.15) is 30.5 Å². The van der Waals surface area contributed by atoms with E-state index in [9.17, 15) is 4.79 Å². The standard InChI is InChI=1S/C16H27N3O/c1-6-14(17)16(13-10-8-7-9-12(13)2)19(5)11-15(20)18(3)4/h7-10,14,16H,6,11,17H2,1-5H3. The van der Waals surface area contributed by atoms with Crippen LogP contribution in [0.5, 0.6) is 0 Å². The van der Waals surface area contributed by atoms with Crippen molar-refractivity contribution in [1.82, 2.24) is 9.80 Å². The van der Waals surface area contributed by atoms with Gasteiger partial charge in [0.15, 0.2) is 0 Å². The molecule has 0 aliphatic heterocycles. The van der Waals surface area contributed by atoms with Crippen molar-refractivity contribution in [2.75, 3.05) is 27.7 Å². The molecule has 0 radical (unpaired) electrons. The van der Waals surface area contributed by atoms with Gasteiger partial charge in [-0.15, -0.1) is 0 Å². The molecule has 4 nitrogen and oxygen atoms in total. The highest BCUT2D eigenvalue weighted by molar-refractivity contribution is 5.77. The van der Waals surface area contributed by atoms with Gasteiger partial charge in [-0.05, 0) is 31.5 Å². The zero-order valence-electron chi connectivity index (χ0n) is 13.3. The van der Waals surface area contributed by atoms with Crippen LogP contribution in [0.15, 0.2) is 24.3 Å². The van der Waals surface area contributed by atoms with Gasteiger partial charge in [0.05, 0.1) is 12.6 Å². The Morgan fingerprint density at radius 2 is 1.85 bits per heavy atom. The second-order valence-electron chi connectivity index (χ2n) is 5.58. The van der Waals surface area contributed by atoms with Gasteiger partial charge in [-0.2, -0.15) is 0 Å². The number of nitrogens with two attached hydrogens (primary N) is 1. The lowest BCUT2D eigenvalue weighted by Crippen LogP contribution is -2.43. The first-order valence-corrected chi connectivity index (χ1v) is 7.10. The van der Waals surface area contributed by atoms with E-state index in [1.807, 2.05) is 19.2 Å². The summed E-state index contributed by atoms with van der Waals surface area (Å²) >= 11 is 0. The minimum atomic E-state index is 0.0102. The van der Waals surface area contributed by atoms with Crippen LogP contribution in [0.4, 0.5) is 0 Å². The van der Waals surface area contributed by atoms with Crippen LogP contribution in [0, 0.1) is 6.92 Å². The van der Waals surface area contributed by atoms with E-state index in [0.717, 1.165) is 6.42 Å². The van der Waals surface area contributed by atoms with E-state index in [-0.39, 0.29) is 18.0 Å². The second kappa shape index (κ2) is 7.41. The highest BCUT2D eigenvalue weighted by Gasteiger charge is 2.26. The van der Waals surface area contributed by atoms with Crippen LogP contribution in [0.25, 0.3) is 0 Å². The maximum Gasteiger partial charge on any atom is 0.236 e. The number of hydrogen-bond acceptors (Lipinski definition) is 3. The van der Waals surface area contributed by atoms with Crippen molar-refractivity contribution < 1.29 is 4.79 Å². The minimum absolute atomic E-state index is 0.0102. The lowest BCUT2D eigenvalue weighted by Gasteiger charge is -2.33. The van der Waals surface area contributed by atoms with Gasteiger partial charge in [0.25, 0.3) is 0 Å². The molecular formula is C16H27N3O. The average molecular weight is 277 g/mol. The summed E-state index contributed by atoms with van der Waals surface area (Å²) < 4.78 is 0. The Bertz CT molecular complexity index is 445. The molecule has 0 heterocycles. The number of rotatable bonds is 6. The molecule has 1 aromatic carbocycles. The van der Waals surface area contributed by atoms with E-state index >= 15 is 0 Å². The number of nitrogens with zero attached hydrogens (tertiary/aromatic N) is 2.